The number of thiol groups is 1. The Morgan fingerprint density at radius 1 is 1.39 bits per heavy atom. The van der Waals surface area contributed by atoms with Gasteiger partial charge in [0.1, 0.15) is 0 Å². The number of sulfone groups is 1. The summed E-state index contributed by atoms with van der Waals surface area (Å²) in [5, 5.41) is 0. The molecule has 0 saturated carbocycles. The van der Waals surface area contributed by atoms with Crippen LogP contribution in [0.3, 0.4) is 0 Å². The van der Waals surface area contributed by atoms with E-state index in [-0.39, 0.29) is 23.5 Å². The van der Waals surface area contributed by atoms with E-state index < -0.39 is 9.84 Å². The van der Waals surface area contributed by atoms with Crippen molar-refractivity contribution in [3.05, 3.63) is 29.8 Å². The molecule has 98 valence electrons. The van der Waals surface area contributed by atoms with Crippen LogP contribution in [0, 0.1) is 0 Å². The zero-order valence-corrected chi connectivity index (χ0v) is 11.7. The zero-order valence-electron chi connectivity index (χ0n) is 10.0. The molecule has 1 unspecified atom stereocenters. The van der Waals surface area contributed by atoms with E-state index in [0.717, 1.165) is 0 Å². The Morgan fingerprint density at radius 3 is 2.61 bits per heavy atom. The van der Waals surface area contributed by atoms with Gasteiger partial charge in [-0.25, -0.2) is 8.42 Å². The molecule has 0 spiro atoms. The van der Waals surface area contributed by atoms with Gasteiger partial charge in [-0.05, 0) is 18.6 Å². The summed E-state index contributed by atoms with van der Waals surface area (Å²) in [5.74, 6) is 0.0459. The molecular weight excluding hydrogens is 270 g/mol. The van der Waals surface area contributed by atoms with Crippen molar-refractivity contribution >= 4 is 28.4 Å². The molecule has 0 N–H and O–H groups in total. The lowest BCUT2D eigenvalue weighted by Crippen LogP contribution is -2.38. The molecule has 1 aliphatic rings. The van der Waals surface area contributed by atoms with Gasteiger partial charge in [-0.3, -0.25) is 4.79 Å². The fourth-order valence-electron chi connectivity index (χ4n) is 2.09. The number of benzene rings is 1. The van der Waals surface area contributed by atoms with Crippen molar-refractivity contribution in [2.75, 3.05) is 18.6 Å². The molecule has 1 aliphatic heterocycles. The summed E-state index contributed by atoms with van der Waals surface area (Å²) in [6.07, 6.45) is 0.513. The average molecular weight is 285 g/mol. The Hall–Kier alpha value is -1.01. The van der Waals surface area contributed by atoms with E-state index in [1.54, 1.807) is 31.3 Å². The van der Waals surface area contributed by atoms with Gasteiger partial charge in [-0.15, -0.1) is 12.6 Å². The SMILES string of the molecule is CN(C(=O)c1ccccc1S)C1CCS(=O)(=O)C1. The summed E-state index contributed by atoms with van der Waals surface area (Å²) in [4.78, 5) is 14.4. The maximum Gasteiger partial charge on any atom is 0.255 e. The quantitative estimate of drug-likeness (QED) is 0.832. The van der Waals surface area contributed by atoms with E-state index in [4.69, 9.17) is 0 Å². The summed E-state index contributed by atoms with van der Waals surface area (Å²) in [6.45, 7) is 0. The third-order valence-electron chi connectivity index (χ3n) is 3.21. The molecule has 0 radical (unpaired) electrons. The summed E-state index contributed by atoms with van der Waals surface area (Å²) in [5.41, 5.74) is 0.507. The fraction of sp³-hybridized carbons (Fsp3) is 0.417. The topological polar surface area (TPSA) is 54.5 Å². The number of hydrogen-bond acceptors (Lipinski definition) is 4. The molecule has 0 bridgehead atoms. The van der Waals surface area contributed by atoms with Crippen LogP contribution >= 0.6 is 12.6 Å². The number of nitrogens with zero attached hydrogens (tertiary/aromatic N) is 1. The summed E-state index contributed by atoms with van der Waals surface area (Å²) >= 11 is 4.24. The van der Waals surface area contributed by atoms with Crippen LogP contribution in [0.4, 0.5) is 0 Å². The predicted molar refractivity (Wildman–Crippen MR) is 72.8 cm³/mol. The largest absolute Gasteiger partial charge is 0.338 e. The first-order chi connectivity index (χ1) is 8.41. The van der Waals surface area contributed by atoms with E-state index in [9.17, 15) is 13.2 Å². The van der Waals surface area contributed by atoms with Crippen molar-refractivity contribution in [2.24, 2.45) is 0 Å². The average Bonchev–Trinajstić information content (AvgIpc) is 2.68. The monoisotopic (exact) mass is 285 g/mol. The highest BCUT2D eigenvalue weighted by Crippen LogP contribution is 2.21. The normalized spacial score (nSPS) is 21.8. The van der Waals surface area contributed by atoms with Gasteiger partial charge < -0.3 is 4.90 Å². The Labute approximate surface area is 112 Å². The van der Waals surface area contributed by atoms with E-state index in [1.165, 1.54) is 4.90 Å². The molecule has 1 fully saturated rings. The number of hydrogen-bond donors (Lipinski definition) is 1. The van der Waals surface area contributed by atoms with Crippen molar-refractivity contribution in [1.29, 1.82) is 0 Å². The maximum absolute atomic E-state index is 12.2. The van der Waals surface area contributed by atoms with Gasteiger partial charge in [-0.1, -0.05) is 12.1 Å². The fourth-order valence-corrected chi connectivity index (χ4v) is 4.12. The minimum Gasteiger partial charge on any atom is -0.338 e. The van der Waals surface area contributed by atoms with Gasteiger partial charge in [0.05, 0.1) is 17.1 Å². The first-order valence-corrected chi connectivity index (χ1v) is 7.93. The molecule has 1 atom stereocenters. The van der Waals surface area contributed by atoms with Crippen molar-refractivity contribution in [1.82, 2.24) is 4.90 Å². The molecule has 1 saturated heterocycles. The van der Waals surface area contributed by atoms with Gasteiger partial charge in [-0.2, -0.15) is 0 Å². The van der Waals surface area contributed by atoms with Gasteiger partial charge >= 0.3 is 0 Å². The molecule has 1 aromatic rings. The smallest absolute Gasteiger partial charge is 0.255 e. The lowest BCUT2D eigenvalue weighted by molar-refractivity contribution is 0.0744. The number of rotatable bonds is 2. The first kappa shape index (κ1) is 13.4. The molecule has 6 heteroatoms. The number of carbonyl (C=O) groups excluding carboxylic acids is 1. The second-order valence-electron chi connectivity index (χ2n) is 4.49. The second kappa shape index (κ2) is 4.93. The van der Waals surface area contributed by atoms with Crippen LogP contribution in [0.15, 0.2) is 29.2 Å². The summed E-state index contributed by atoms with van der Waals surface area (Å²) in [7, 11) is -1.33. The minimum absolute atomic E-state index is 0.0595. The van der Waals surface area contributed by atoms with Crippen molar-refractivity contribution in [2.45, 2.75) is 17.4 Å². The maximum atomic E-state index is 12.2. The van der Waals surface area contributed by atoms with Gasteiger partial charge in [0.15, 0.2) is 9.84 Å². The van der Waals surface area contributed by atoms with Gasteiger partial charge in [0, 0.05) is 18.0 Å². The molecule has 1 aromatic carbocycles. The highest BCUT2D eigenvalue weighted by atomic mass is 32.2. The van der Waals surface area contributed by atoms with E-state index in [0.29, 0.717) is 16.9 Å². The van der Waals surface area contributed by atoms with Crippen LogP contribution in [0.2, 0.25) is 0 Å². The van der Waals surface area contributed by atoms with Crippen molar-refractivity contribution in [3.63, 3.8) is 0 Å². The number of carbonyl (C=O) groups is 1. The molecule has 1 heterocycles. The third-order valence-corrected chi connectivity index (χ3v) is 5.35. The Bertz CT molecular complexity index is 568. The number of amides is 1. The Kier molecular flexibility index (Phi) is 3.68. The van der Waals surface area contributed by atoms with Crippen LogP contribution < -0.4 is 0 Å². The van der Waals surface area contributed by atoms with E-state index in [2.05, 4.69) is 12.6 Å². The molecule has 0 aliphatic carbocycles. The van der Waals surface area contributed by atoms with Gasteiger partial charge in [0.2, 0.25) is 0 Å². The molecule has 4 nitrogen and oxygen atoms in total. The van der Waals surface area contributed by atoms with Crippen LogP contribution in [0.5, 0.6) is 0 Å². The Morgan fingerprint density at radius 2 is 2.06 bits per heavy atom. The summed E-state index contributed by atoms with van der Waals surface area (Å²) in [6, 6.07) is 6.79. The summed E-state index contributed by atoms with van der Waals surface area (Å²) < 4.78 is 22.8. The molecule has 2 rings (SSSR count). The van der Waals surface area contributed by atoms with Crippen LogP contribution in [0.25, 0.3) is 0 Å². The van der Waals surface area contributed by atoms with Crippen molar-refractivity contribution < 1.29 is 13.2 Å². The highest BCUT2D eigenvalue weighted by Gasteiger charge is 2.33. The minimum atomic E-state index is -2.98. The van der Waals surface area contributed by atoms with Crippen LogP contribution in [-0.2, 0) is 9.84 Å². The second-order valence-corrected chi connectivity index (χ2v) is 7.20. The molecular formula is C12H15NO3S2. The van der Waals surface area contributed by atoms with Gasteiger partial charge in [0.25, 0.3) is 5.91 Å². The molecule has 0 aromatic heterocycles. The van der Waals surface area contributed by atoms with E-state index >= 15 is 0 Å². The highest BCUT2D eigenvalue weighted by molar-refractivity contribution is 7.91. The lowest BCUT2D eigenvalue weighted by Gasteiger charge is -2.23. The lowest BCUT2D eigenvalue weighted by atomic mass is 10.1. The van der Waals surface area contributed by atoms with Crippen molar-refractivity contribution in [3.8, 4) is 0 Å². The predicted octanol–water partition coefficient (Wildman–Crippen LogP) is 1.23. The third kappa shape index (κ3) is 2.70. The van der Waals surface area contributed by atoms with E-state index in [1.807, 2.05) is 0 Å². The molecule has 18 heavy (non-hydrogen) atoms. The molecule has 1 amide bonds. The Balaban J connectivity index is 2.18. The zero-order chi connectivity index (χ0) is 13.3. The first-order valence-electron chi connectivity index (χ1n) is 5.66. The standard InChI is InChI=1S/C12H15NO3S2/c1-13(9-6-7-18(15,16)8-9)12(14)10-4-2-3-5-11(10)17/h2-5,9,17H,6-8H2,1H3. The van der Waals surface area contributed by atoms with Crippen LogP contribution in [-0.4, -0.2) is 43.8 Å². The van der Waals surface area contributed by atoms with Crippen LogP contribution in [0.1, 0.15) is 16.8 Å².